The molecule has 0 atom stereocenters. The molecule has 0 bridgehead atoms. The molecule has 0 unspecified atom stereocenters. The van der Waals surface area contributed by atoms with Crippen molar-refractivity contribution in [3.8, 4) is 11.4 Å². The Labute approximate surface area is 188 Å². The van der Waals surface area contributed by atoms with E-state index in [9.17, 15) is 4.79 Å². The number of nitrogens with zero attached hydrogens (tertiary/aromatic N) is 5. The Morgan fingerprint density at radius 3 is 2.62 bits per heavy atom. The zero-order chi connectivity index (χ0) is 22.0. The maximum absolute atomic E-state index is 13.1. The quantitative estimate of drug-likeness (QED) is 0.484. The number of ether oxygens (including phenoxy) is 1. The molecule has 1 aliphatic heterocycles. The van der Waals surface area contributed by atoms with Crippen LogP contribution in [0, 0.1) is 0 Å². The van der Waals surface area contributed by atoms with Crippen molar-refractivity contribution >= 4 is 5.91 Å². The second-order valence-electron chi connectivity index (χ2n) is 7.86. The summed E-state index contributed by atoms with van der Waals surface area (Å²) < 4.78 is 10.8. The number of aromatic nitrogens is 3. The Balaban J connectivity index is 1.33. The predicted octanol–water partition coefficient (Wildman–Crippen LogP) is 2.82. The summed E-state index contributed by atoms with van der Waals surface area (Å²) in [5.41, 5.74) is 1.97. The van der Waals surface area contributed by atoms with Gasteiger partial charge >= 0.3 is 0 Å². The second kappa shape index (κ2) is 11.5. The van der Waals surface area contributed by atoms with Gasteiger partial charge in [-0.25, -0.2) is 0 Å². The van der Waals surface area contributed by atoms with Crippen LogP contribution in [0.4, 0.5) is 0 Å². The molecule has 32 heavy (non-hydrogen) atoms. The van der Waals surface area contributed by atoms with Gasteiger partial charge in [0.2, 0.25) is 17.6 Å². The third-order valence-electron chi connectivity index (χ3n) is 5.53. The maximum Gasteiger partial charge on any atom is 0.227 e. The van der Waals surface area contributed by atoms with Crippen LogP contribution < -0.4 is 0 Å². The zero-order valence-corrected chi connectivity index (χ0v) is 18.2. The molecule has 0 radical (unpaired) electrons. The standard InChI is InChI=1S/C24H29N5O3/c30-23(8-7-22-26-24(27-32-22)21-5-2-1-3-6-21)29(19-20-9-11-25-12-10-20)14-4-13-28-15-17-31-18-16-28/h1-3,5-6,9-12H,4,7-8,13-19H2. The van der Waals surface area contributed by atoms with Gasteiger partial charge in [-0.05, 0) is 24.1 Å². The molecule has 2 aromatic heterocycles. The molecule has 168 valence electrons. The highest BCUT2D eigenvalue weighted by atomic mass is 16.5. The summed E-state index contributed by atoms with van der Waals surface area (Å²) in [5, 5.41) is 4.04. The zero-order valence-electron chi connectivity index (χ0n) is 18.2. The van der Waals surface area contributed by atoms with Gasteiger partial charge in [0, 0.05) is 63.5 Å². The fourth-order valence-corrected chi connectivity index (χ4v) is 3.74. The third kappa shape index (κ3) is 6.45. The molecule has 3 heterocycles. The Hall–Kier alpha value is -3.10. The van der Waals surface area contributed by atoms with E-state index in [1.165, 1.54) is 0 Å². The summed E-state index contributed by atoms with van der Waals surface area (Å²) >= 11 is 0. The summed E-state index contributed by atoms with van der Waals surface area (Å²) in [5.74, 6) is 1.12. The number of amides is 1. The van der Waals surface area contributed by atoms with Crippen molar-refractivity contribution in [2.75, 3.05) is 39.4 Å². The number of benzene rings is 1. The number of morpholine rings is 1. The average Bonchev–Trinajstić information content (AvgIpc) is 3.33. The second-order valence-corrected chi connectivity index (χ2v) is 7.86. The Bertz CT molecular complexity index is 958. The van der Waals surface area contributed by atoms with Crippen molar-refractivity contribution in [1.29, 1.82) is 0 Å². The fraction of sp³-hybridized carbons (Fsp3) is 0.417. The molecule has 1 fully saturated rings. The Morgan fingerprint density at radius 1 is 1.06 bits per heavy atom. The van der Waals surface area contributed by atoms with Crippen LogP contribution in [0.25, 0.3) is 11.4 Å². The lowest BCUT2D eigenvalue weighted by Crippen LogP contribution is -2.39. The molecule has 0 aliphatic carbocycles. The molecule has 8 nitrogen and oxygen atoms in total. The molecular weight excluding hydrogens is 406 g/mol. The molecular formula is C24H29N5O3. The van der Waals surface area contributed by atoms with Crippen LogP contribution >= 0.6 is 0 Å². The molecule has 1 amide bonds. The normalized spacial score (nSPS) is 14.4. The number of rotatable bonds is 10. The third-order valence-corrected chi connectivity index (χ3v) is 5.53. The van der Waals surface area contributed by atoms with Crippen LogP contribution in [0.3, 0.4) is 0 Å². The van der Waals surface area contributed by atoms with E-state index in [2.05, 4.69) is 20.0 Å². The number of aryl methyl sites for hydroxylation is 1. The van der Waals surface area contributed by atoms with E-state index in [1.54, 1.807) is 12.4 Å². The summed E-state index contributed by atoms with van der Waals surface area (Å²) in [6, 6.07) is 13.6. The van der Waals surface area contributed by atoms with Crippen LogP contribution in [0.5, 0.6) is 0 Å². The van der Waals surface area contributed by atoms with Crippen LogP contribution in [-0.4, -0.2) is 70.2 Å². The van der Waals surface area contributed by atoms with Gasteiger partial charge in [-0.2, -0.15) is 4.98 Å². The molecule has 0 N–H and O–H groups in total. The Kier molecular flexibility index (Phi) is 7.94. The van der Waals surface area contributed by atoms with Gasteiger partial charge in [0.25, 0.3) is 0 Å². The monoisotopic (exact) mass is 435 g/mol. The highest BCUT2D eigenvalue weighted by Crippen LogP contribution is 2.16. The van der Waals surface area contributed by atoms with Gasteiger partial charge in [-0.3, -0.25) is 14.7 Å². The summed E-state index contributed by atoms with van der Waals surface area (Å²) in [7, 11) is 0. The first-order chi connectivity index (χ1) is 15.8. The maximum atomic E-state index is 13.1. The molecule has 1 aliphatic rings. The van der Waals surface area contributed by atoms with Crippen LogP contribution in [0.2, 0.25) is 0 Å². The smallest absolute Gasteiger partial charge is 0.227 e. The molecule has 0 saturated carbocycles. The van der Waals surface area contributed by atoms with Gasteiger partial charge in [0.1, 0.15) is 0 Å². The Morgan fingerprint density at radius 2 is 1.84 bits per heavy atom. The van der Waals surface area contributed by atoms with Gasteiger partial charge in [-0.1, -0.05) is 35.5 Å². The molecule has 3 aromatic rings. The number of hydrogen-bond acceptors (Lipinski definition) is 7. The highest BCUT2D eigenvalue weighted by Gasteiger charge is 2.17. The topological polar surface area (TPSA) is 84.6 Å². The van der Waals surface area contributed by atoms with E-state index in [1.807, 2.05) is 47.4 Å². The van der Waals surface area contributed by atoms with Crippen molar-refractivity contribution in [1.82, 2.24) is 24.9 Å². The SMILES string of the molecule is O=C(CCc1nc(-c2ccccc2)no1)N(CCCN1CCOCC1)Cc1ccncc1. The van der Waals surface area contributed by atoms with Crippen LogP contribution in [0.15, 0.2) is 59.4 Å². The minimum atomic E-state index is 0.0863. The van der Waals surface area contributed by atoms with Gasteiger partial charge in [-0.15, -0.1) is 0 Å². The molecule has 0 spiro atoms. The molecule has 8 heteroatoms. The minimum absolute atomic E-state index is 0.0863. The van der Waals surface area contributed by atoms with Crippen molar-refractivity contribution in [3.05, 3.63) is 66.3 Å². The molecule has 4 rings (SSSR count). The number of pyridine rings is 1. The first-order valence-electron chi connectivity index (χ1n) is 11.1. The predicted molar refractivity (Wildman–Crippen MR) is 120 cm³/mol. The number of carbonyl (C=O) groups is 1. The van der Waals surface area contributed by atoms with Gasteiger partial charge in [0.05, 0.1) is 13.2 Å². The minimum Gasteiger partial charge on any atom is -0.379 e. The lowest BCUT2D eigenvalue weighted by molar-refractivity contribution is -0.132. The first kappa shape index (κ1) is 22.1. The van der Waals surface area contributed by atoms with E-state index < -0.39 is 0 Å². The van der Waals surface area contributed by atoms with Gasteiger partial charge in [0.15, 0.2) is 0 Å². The number of hydrogen-bond donors (Lipinski definition) is 0. The lowest BCUT2D eigenvalue weighted by Gasteiger charge is -2.28. The molecule has 1 saturated heterocycles. The van der Waals surface area contributed by atoms with Crippen LogP contribution in [0.1, 0.15) is 24.3 Å². The van der Waals surface area contributed by atoms with Crippen molar-refractivity contribution in [2.45, 2.75) is 25.8 Å². The summed E-state index contributed by atoms with van der Waals surface area (Å²) in [6.45, 7) is 5.73. The average molecular weight is 436 g/mol. The van der Waals surface area contributed by atoms with E-state index in [-0.39, 0.29) is 5.91 Å². The van der Waals surface area contributed by atoms with E-state index in [0.717, 1.165) is 50.4 Å². The molecule has 1 aromatic carbocycles. The summed E-state index contributed by atoms with van der Waals surface area (Å²) in [4.78, 5) is 25.9. The van der Waals surface area contributed by atoms with Crippen molar-refractivity contribution < 1.29 is 14.1 Å². The van der Waals surface area contributed by atoms with Crippen molar-refractivity contribution in [3.63, 3.8) is 0 Å². The largest absolute Gasteiger partial charge is 0.379 e. The highest BCUT2D eigenvalue weighted by molar-refractivity contribution is 5.76. The van der Waals surface area contributed by atoms with Gasteiger partial charge < -0.3 is 14.2 Å². The van der Waals surface area contributed by atoms with Crippen molar-refractivity contribution in [2.24, 2.45) is 0 Å². The van der Waals surface area contributed by atoms with Crippen LogP contribution in [-0.2, 0) is 22.5 Å². The summed E-state index contributed by atoms with van der Waals surface area (Å²) in [6.07, 6.45) is 5.20. The first-order valence-corrected chi connectivity index (χ1v) is 11.1. The number of carbonyl (C=O) groups excluding carboxylic acids is 1. The van der Waals surface area contributed by atoms with E-state index >= 15 is 0 Å². The van der Waals surface area contributed by atoms with E-state index in [4.69, 9.17) is 9.26 Å². The lowest BCUT2D eigenvalue weighted by atomic mass is 10.2. The van der Waals surface area contributed by atoms with E-state index in [0.29, 0.717) is 37.6 Å². The fourth-order valence-electron chi connectivity index (χ4n) is 3.74.